The third-order valence-electron chi connectivity index (χ3n) is 14.6. The molecule has 2 heterocycles. The molecule has 4 aliphatic carbocycles. The van der Waals surface area contributed by atoms with Crippen molar-refractivity contribution >= 4 is 24.7 Å². The zero-order valence-electron chi connectivity index (χ0n) is 36.0. The molecule has 9 heteroatoms. The maximum Gasteiger partial charge on any atom is 0.678 e. The number of allylic oxidation sites excluding steroid dienone is 2. The average Bonchev–Trinajstić information content (AvgIpc) is 4.20. The molecule has 66 heavy (non-hydrogen) atoms. The Kier molecular flexibility index (Phi) is 8.00. The summed E-state index contributed by atoms with van der Waals surface area (Å²) in [6, 6.07) is 54.4. The molecule has 0 atom stereocenters. The molecule has 0 unspecified atom stereocenters. The second-order valence-electron chi connectivity index (χ2n) is 17.3. The van der Waals surface area contributed by atoms with Crippen LogP contribution in [0.2, 0.25) is 0 Å². The third-order valence-corrected chi connectivity index (χ3v) is 14.6. The summed E-state index contributed by atoms with van der Waals surface area (Å²) >= 11 is 0. The van der Waals surface area contributed by atoms with Gasteiger partial charge < -0.3 is 18.7 Å². The minimum atomic E-state index is -2.96. The number of benzene rings is 7. The van der Waals surface area contributed by atoms with Crippen LogP contribution in [-0.2, 0) is 15.6 Å². The maximum atomic E-state index is 16.7. The highest BCUT2D eigenvalue weighted by Crippen LogP contribution is 2.65. The first-order valence-electron chi connectivity index (χ1n) is 21.9. The lowest BCUT2D eigenvalue weighted by Gasteiger charge is -2.30. The number of nitrogens with zero attached hydrogens (tertiary/aromatic N) is 2. The zero-order chi connectivity index (χ0) is 44.6. The van der Waals surface area contributed by atoms with Gasteiger partial charge in [0.25, 0.3) is 0 Å². The van der Waals surface area contributed by atoms with Crippen molar-refractivity contribution in [2.45, 2.75) is 10.8 Å². The van der Waals surface area contributed by atoms with Gasteiger partial charge in [-0.05, 0) is 127 Å². The van der Waals surface area contributed by atoms with Gasteiger partial charge in [0.05, 0.1) is 49.1 Å². The Hall–Kier alpha value is -8.04. The largest absolute Gasteiger partial charge is 0.678 e. The SMILES string of the molecule is COC(=O)c1ccc(/C(=C2\C=C3C(=N2)c2ccc(OC)cc2C32c3ccccc3-c3ccccc32)c2cc3c(n2B(F)F)-c2ccc(OC)cc2C32c3ccccc3-c3ccccc32)cc1. The minimum Gasteiger partial charge on any atom is -0.497 e. The number of hydrogen-bond acceptors (Lipinski definition) is 5. The second-order valence-corrected chi connectivity index (χ2v) is 17.3. The van der Waals surface area contributed by atoms with E-state index in [4.69, 9.17) is 19.2 Å². The Morgan fingerprint density at radius 2 is 1.02 bits per heavy atom. The van der Waals surface area contributed by atoms with E-state index in [1.54, 1.807) is 38.5 Å². The summed E-state index contributed by atoms with van der Waals surface area (Å²) in [6.45, 7) is 0. The van der Waals surface area contributed by atoms with Crippen LogP contribution in [0.15, 0.2) is 186 Å². The third kappa shape index (κ3) is 4.69. The monoisotopic (exact) mass is 862 g/mol. The lowest BCUT2D eigenvalue weighted by molar-refractivity contribution is 0.0600. The molecule has 316 valence electrons. The molecule has 5 aliphatic rings. The van der Waals surface area contributed by atoms with E-state index in [1.165, 1.54) is 11.6 Å². The van der Waals surface area contributed by atoms with Crippen molar-refractivity contribution in [3.8, 4) is 45.0 Å². The van der Waals surface area contributed by atoms with Crippen LogP contribution in [0.1, 0.15) is 66.1 Å². The molecular formula is C57H37BF2N2O4. The van der Waals surface area contributed by atoms with E-state index in [2.05, 4.69) is 91.0 Å². The molecule has 0 bridgehead atoms. The fraction of sp³-hybridized carbons (Fsp3) is 0.0877. The van der Waals surface area contributed by atoms with Crippen LogP contribution in [0.3, 0.4) is 0 Å². The summed E-state index contributed by atoms with van der Waals surface area (Å²) in [7, 11) is 1.68. The Morgan fingerprint density at radius 1 is 0.530 bits per heavy atom. The Morgan fingerprint density at radius 3 is 1.53 bits per heavy atom. The number of rotatable bonds is 6. The normalized spacial score (nSPS) is 16.0. The summed E-state index contributed by atoms with van der Waals surface area (Å²) in [5, 5.41) is 0. The van der Waals surface area contributed by atoms with Gasteiger partial charge in [0, 0.05) is 33.7 Å². The fourth-order valence-electron chi connectivity index (χ4n) is 12.1. The summed E-state index contributed by atoms with van der Waals surface area (Å²) in [5.41, 5.74) is 15.7. The molecule has 0 saturated heterocycles. The van der Waals surface area contributed by atoms with Crippen LogP contribution >= 0.6 is 0 Å². The van der Waals surface area contributed by atoms with Gasteiger partial charge in [-0.25, -0.2) is 9.79 Å². The van der Waals surface area contributed by atoms with E-state index in [-0.39, 0.29) is 0 Å². The molecule has 6 nitrogen and oxygen atoms in total. The van der Waals surface area contributed by atoms with E-state index >= 15 is 8.63 Å². The van der Waals surface area contributed by atoms with Gasteiger partial charge in [-0.3, -0.25) is 8.63 Å². The van der Waals surface area contributed by atoms with Crippen molar-refractivity contribution in [1.29, 1.82) is 0 Å². The van der Waals surface area contributed by atoms with Gasteiger partial charge in [0.15, 0.2) is 0 Å². The number of carbonyl (C=O) groups is 1. The quantitative estimate of drug-likeness (QED) is 0.123. The van der Waals surface area contributed by atoms with E-state index in [1.807, 2.05) is 54.6 Å². The first-order valence-corrected chi connectivity index (χ1v) is 21.9. The number of carbonyl (C=O) groups excluding carboxylic acids is 1. The van der Waals surface area contributed by atoms with E-state index in [9.17, 15) is 4.79 Å². The van der Waals surface area contributed by atoms with Gasteiger partial charge in [-0.1, -0.05) is 109 Å². The molecule has 7 aromatic carbocycles. The highest BCUT2D eigenvalue weighted by atomic mass is 19.2. The molecule has 0 saturated carbocycles. The molecule has 13 rings (SSSR count). The second kappa shape index (κ2) is 13.7. The smallest absolute Gasteiger partial charge is 0.497 e. The molecule has 0 amide bonds. The van der Waals surface area contributed by atoms with Crippen LogP contribution in [0.25, 0.3) is 39.1 Å². The van der Waals surface area contributed by atoms with Crippen LogP contribution in [0, 0.1) is 0 Å². The first-order chi connectivity index (χ1) is 32.3. The predicted octanol–water partition coefficient (Wildman–Crippen LogP) is 11.9. The Bertz CT molecular complexity index is 3470. The highest BCUT2D eigenvalue weighted by Gasteiger charge is 2.57. The van der Waals surface area contributed by atoms with Crippen molar-refractivity contribution in [3.05, 3.63) is 242 Å². The Labute approximate surface area is 380 Å². The molecular weight excluding hydrogens is 825 g/mol. The number of hydrogen-bond donors (Lipinski definition) is 0. The predicted molar refractivity (Wildman–Crippen MR) is 254 cm³/mol. The van der Waals surface area contributed by atoms with Crippen molar-refractivity contribution in [1.82, 2.24) is 4.48 Å². The highest BCUT2D eigenvalue weighted by molar-refractivity contribution is 6.42. The van der Waals surface area contributed by atoms with Gasteiger partial charge >= 0.3 is 13.4 Å². The number of fused-ring (bicyclic) bond motifs is 20. The van der Waals surface area contributed by atoms with Crippen molar-refractivity contribution in [2.75, 3.05) is 21.3 Å². The molecule has 1 aliphatic heterocycles. The number of ether oxygens (including phenoxy) is 3. The topological polar surface area (TPSA) is 62.0 Å². The molecule has 0 fully saturated rings. The number of aromatic nitrogens is 1. The van der Waals surface area contributed by atoms with Gasteiger partial charge in [-0.15, -0.1) is 0 Å². The van der Waals surface area contributed by atoms with E-state index in [0.29, 0.717) is 45.1 Å². The van der Waals surface area contributed by atoms with E-state index < -0.39 is 24.2 Å². The van der Waals surface area contributed by atoms with Crippen molar-refractivity contribution in [3.63, 3.8) is 0 Å². The zero-order valence-corrected chi connectivity index (χ0v) is 36.0. The van der Waals surface area contributed by atoms with Crippen LogP contribution in [0.4, 0.5) is 8.63 Å². The maximum absolute atomic E-state index is 16.7. The summed E-state index contributed by atoms with van der Waals surface area (Å²) < 4.78 is 51.3. The minimum absolute atomic E-state index is 0.302. The lowest BCUT2D eigenvalue weighted by Crippen LogP contribution is -2.26. The molecule has 8 aromatic rings. The molecule has 0 radical (unpaired) electrons. The fourth-order valence-corrected chi connectivity index (χ4v) is 12.1. The molecule has 2 spiro atoms. The molecule has 1 aromatic heterocycles. The van der Waals surface area contributed by atoms with Crippen LogP contribution < -0.4 is 9.47 Å². The van der Waals surface area contributed by atoms with Gasteiger partial charge in [0.1, 0.15) is 11.5 Å². The van der Waals surface area contributed by atoms with Gasteiger partial charge in [0.2, 0.25) is 0 Å². The standard InChI is InChI=1S/C57H37BF2N2O4/c1-64-34-24-26-40-46(28-34)56(42-16-8-4-12-36(42)37-13-5-9-17-43(37)56)48-30-50(61-53(40)48)52(32-20-22-33(23-21-32)55(63)66-3)51-31-49-54(62(51)58(59)60)41-27-25-35(65-2)29-47(41)57(49)44-18-10-6-14-38(44)39-15-7-11-19-45(39)57/h4-31H,1-3H3/b52-50-. The average molecular weight is 863 g/mol. The Balaban J connectivity index is 1.15. The van der Waals surface area contributed by atoms with Crippen LogP contribution in [0.5, 0.6) is 11.5 Å². The number of esters is 1. The number of methoxy groups -OCH3 is 3. The van der Waals surface area contributed by atoms with Crippen molar-refractivity contribution in [2.24, 2.45) is 4.99 Å². The van der Waals surface area contributed by atoms with Crippen molar-refractivity contribution < 1.29 is 27.6 Å². The summed E-state index contributed by atoms with van der Waals surface area (Å²) in [5.74, 6) is 0.868. The number of halogens is 2. The van der Waals surface area contributed by atoms with Crippen LogP contribution in [-0.4, -0.2) is 44.9 Å². The number of aliphatic imine (C=N–C) groups is 1. The molecule has 0 N–H and O–H groups in total. The van der Waals surface area contributed by atoms with E-state index in [0.717, 1.165) is 83.8 Å². The summed E-state index contributed by atoms with van der Waals surface area (Å²) in [4.78, 5) is 18.4. The first kappa shape index (κ1) is 38.4. The lowest BCUT2D eigenvalue weighted by atomic mass is 9.70. The van der Waals surface area contributed by atoms with Gasteiger partial charge in [-0.2, -0.15) is 0 Å². The summed E-state index contributed by atoms with van der Waals surface area (Å²) in [6.07, 6.45) is 2.10.